The van der Waals surface area contributed by atoms with Crippen molar-refractivity contribution in [3.63, 3.8) is 0 Å². The van der Waals surface area contributed by atoms with Gasteiger partial charge in [-0.25, -0.2) is 0 Å². The first-order valence-corrected chi connectivity index (χ1v) is 8.79. The van der Waals surface area contributed by atoms with Gasteiger partial charge in [-0.3, -0.25) is 9.59 Å². The number of allylic oxidation sites excluding steroid dienone is 1. The third-order valence-corrected chi connectivity index (χ3v) is 4.02. The molecule has 1 aromatic rings. The largest absolute Gasteiger partial charge is 0.394 e. The average Bonchev–Trinajstić information content (AvgIpc) is 2.61. The van der Waals surface area contributed by atoms with Crippen LogP contribution in [0.3, 0.4) is 0 Å². The minimum atomic E-state index is -0.756. The zero-order valence-electron chi connectivity index (χ0n) is 15.6. The second-order valence-corrected chi connectivity index (χ2v) is 7.09. The van der Waals surface area contributed by atoms with Crippen molar-refractivity contribution in [2.75, 3.05) is 13.2 Å². The van der Waals surface area contributed by atoms with Crippen molar-refractivity contribution in [3.05, 3.63) is 48.6 Å². The number of aliphatic hydroxyl groups excluding tert-OH is 2. The average molecular weight is 362 g/mol. The molecule has 6 nitrogen and oxygen atoms in total. The van der Waals surface area contributed by atoms with Gasteiger partial charge in [0.25, 0.3) is 0 Å². The minimum Gasteiger partial charge on any atom is -0.394 e. The number of benzene rings is 1. The van der Waals surface area contributed by atoms with Crippen molar-refractivity contribution in [3.8, 4) is 0 Å². The van der Waals surface area contributed by atoms with Crippen LogP contribution in [0.25, 0.3) is 0 Å². The van der Waals surface area contributed by atoms with Gasteiger partial charge in [-0.2, -0.15) is 0 Å². The molecule has 0 aromatic heterocycles. The molecule has 6 heteroatoms. The Hall–Kier alpha value is -2.18. The molecule has 4 N–H and O–H groups in total. The molecular weight excluding hydrogens is 332 g/mol. The molecule has 2 amide bonds. The van der Waals surface area contributed by atoms with Crippen molar-refractivity contribution in [1.82, 2.24) is 10.6 Å². The van der Waals surface area contributed by atoms with E-state index in [2.05, 4.69) is 17.2 Å². The Morgan fingerprint density at radius 2 is 1.88 bits per heavy atom. The number of hydrogen-bond acceptors (Lipinski definition) is 4. The van der Waals surface area contributed by atoms with E-state index in [1.807, 2.05) is 30.3 Å². The van der Waals surface area contributed by atoms with Crippen LogP contribution in [0.15, 0.2) is 43.0 Å². The minimum absolute atomic E-state index is 0.00927. The number of carbonyl (C=O) groups is 2. The van der Waals surface area contributed by atoms with Crippen LogP contribution in [-0.2, 0) is 16.0 Å². The van der Waals surface area contributed by atoms with Gasteiger partial charge in [-0.05, 0) is 32.3 Å². The Morgan fingerprint density at radius 1 is 1.23 bits per heavy atom. The van der Waals surface area contributed by atoms with Gasteiger partial charge in [-0.1, -0.05) is 36.4 Å². The fourth-order valence-electron chi connectivity index (χ4n) is 2.53. The summed E-state index contributed by atoms with van der Waals surface area (Å²) in [5.74, 6) is -1.18. The fraction of sp³-hybridized carbons (Fsp3) is 0.500. The molecule has 0 spiro atoms. The Labute approximate surface area is 155 Å². The van der Waals surface area contributed by atoms with Gasteiger partial charge < -0.3 is 20.8 Å². The first-order chi connectivity index (χ1) is 12.3. The number of nitrogens with one attached hydrogen (secondary N) is 2. The monoisotopic (exact) mass is 362 g/mol. The maximum Gasteiger partial charge on any atom is 0.224 e. The number of rotatable bonds is 11. The predicted molar refractivity (Wildman–Crippen MR) is 101 cm³/mol. The smallest absolute Gasteiger partial charge is 0.224 e. The van der Waals surface area contributed by atoms with E-state index in [-0.39, 0.29) is 31.4 Å². The zero-order chi connectivity index (χ0) is 19.6. The van der Waals surface area contributed by atoms with Crippen LogP contribution >= 0.6 is 0 Å². The van der Waals surface area contributed by atoms with Crippen molar-refractivity contribution in [2.24, 2.45) is 5.92 Å². The summed E-state index contributed by atoms with van der Waals surface area (Å²) in [5.41, 5.74) is 0.255. The summed E-state index contributed by atoms with van der Waals surface area (Å²) < 4.78 is 0. The van der Waals surface area contributed by atoms with Crippen LogP contribution in [0.2, 0.25) is 0 Å². The van der Waals surface area contributed by atoms with E-state index in [4.69, 9.17) is 0 Å². The van der Waals surface area contributed by atoms with E-state index < -0.39 is 17.5 Å². The van der Waals surface area contributed by atoms with Crippen LogP contribution in [0, 0.1) is 5.92 Å². The lowest BCUT2D eigenvalue weighted by atomic mass is 9.97. The number of amides is 2. The maximum atomic E-state index is 12.4. The van der Waals surface area contributed by atoms with Gasteiger partial charge in [0.15, 0.2) is 0 Å². The molecule has 1 rings (SSSR count). The molecule has 0 saturated carbocycles. The normalized spacial score (nSPS) is 13.5. The van der Waals surface area contributed by atoms with Crippen LogP contribution in [-0.4, -0.2) is 46.8 Å². The summed E-state index contributed by atoms with van der Waals surface area (Å²) in [6, 6.07) is 9.16. The molecular formula is C20H30N2O4. The molecule has 26 heavy (non-hydrogen) atoms. The van der Waals surface area contributed by atoms with E-state index >= 15 is 0 Å². The summed E-state index contributed by atoms with van der Waals surface area (Å²) >= 11 is 0. The number of aliphatic hydroxyl groups is 2. The zero-order valence-corrected chi connectivity index (χ0v) is 15.6. The molecule has 0 radical (unpaired) electrons. The molecule has 1 aromatic carbocycles. The highest BCUT2D eigenvalue weighted by atomic mass is 16.3. The van der Waals surface area contributed by atoms with Crippen LogP contribution < -0.4 is 10.6 Å². The maximum absolute atomic E-state index is 12.4. The molecule has 0 aliphatic carbocycles. The lowest BCUT2D eigenvalue weighted by molar-refractivity contribution is -0.132. The number of carbonyl (C=O) groups excluding carboxylic acids is 2. The van der Waals surface area contributed by atoms with Crippen molar-refractivity contribution in [2.45, 2.75) is 44.7 Å². The highest BCUT2D eigenvalue weighted by Crippen LogP contribution is 2.13. The van der Waals surface area contributed by atoms with Gasteiger partial charge in [-0.15, -0.1) is 6.58 Å². The van der Waals surface area contributed by atoms with E-state index in [1.54, 1.807) is 19.9 Å². The second kappa shape index (κ2) is 10.7. The fourth-order valence-corrected chi connectivity index (χ4v) is 2.53. The molecule has 0 heterocycles. The summed E-state index contributed by atoms with van der Waals surface area (Å²) in [6.45, 7) is 6.67. The molecule has 0 saturated heterocycles. The van der Waals surface area contributed by atoms with Crippen LogP contribution in [0.1, 0.15) is 32.3 Å². The molecule has 2 atom stereocenters. The molecule has 144 valence electrons. The topological polar surface area (TPSA) is 98.7 Å². The van der Waals surface area contributed by atoms with Crippen molar-refractivity contribution >= 4 is 11.8 Å². The summed E-state index contributed by atoms with van der Waals surface area (Å²) in [4.78, 5) is 24.7. The standard InChI is InChI=1S/C20H30N2O4/c1-4-8-16(19(26)22-20(2,3)14-24)12-18(25)21-17(13-23)11-15-9-6-5-7-10-15/h4-7,9-10,16-17,23-24H,1,8,11-14H2,2-3H3,(H,21,25)(H,22,26)/t16-,17-/m1/s1. The first kappa shape index (κ1) is 21.9. The van der Waals surface area contributed by atoms with Gasteiger partial charge in [0.1, 0.15) is 0 Å². The van der Waals surface area contributed by atoms with Crippen LogP contribution in [0.5, 0.6) is 0 Å². The van der Waals surface area contributed by atoms with Gasteiger partial charge in [0, 0.05) is 6.42 Å². The van der Waals surface area contributed by atoms with E-state index in [0.717, 1.165) is 5.56 Å². The summed E-state index contributed by atoms with van der Waals surface area (Å²) in [7, 11) is 0. The SMILES string of the molecule is C=CC[C@H](CC(=O)N[C@@H](CO)Cc1ccccc1)C(=O)NC(C)(C)CO. The van der Waals surface area contributed by atoms with Gasteiger partial charge >= 0.3 is 0 Å². The van der Waals surface area contributed by atoms with Crippen molar-refractivity contribution < 1.29 is 19.8 Å². The van der Waals surface area contributed by atoms with Crippen molar-refractivity contribution in [1.29, 1.82) is 0 Å². The Kier molecular flexibility index (Phi) is 9.02. The molecule has 0 aliphatic rings. The number of hydrogen-bond donors (Lipinski definition) is 4. The highest BCUT2D eigenvalue weighted by molar-refractivity contribution is 5.86. The third-order valence-electron chi connectivity index (χ3n) is 4.02. The predicted octanol–water partition coefficient (Wildman–Crippen LogP) is 1.18. The van der Waals surface area contributed by atoms with Crippen LogP contribution in [0.4, 0.5) is 0 Å². The van der Waals surface area contributed by atoms with Gasteiger partial charge in [0.2, 0.25) is 11.8 Å². The van der Waals surface area contributed by atoms with E-state index in [1.165, 1.54) is 0 Å². The van der Waals surface area contributed by atoms with E-state index in [0.29, 0.717) is 12.8 Å². The Balaban J connectivity index is 2.65. The molecule has 0 aliphatic heterocycles. The second-order valence-electron chi connectivity index (χ2n) is 7.09. The summed E-state index contributed by atoms with van der Waals surface area (Å²) in [5, 5.41) is 24.3. The molecule has 0 bridgehead atoms. The Morgan fingerprint density at radius 3 is 2.42 bits per heavy atom. The highest BCUT2D eigenvalue weighted by Gasteiger charge is 2.27. The molecule has 0 unspecified atom stereocenters. The lowest BCUT2D eigenvalue weighted by Crippen LogP contribution is -2.49. The molecule has 0 fully saturated rings. The first-order valence-electron chi connectivity index (χ1n) is 8.79. The third kappa shape index (κ3) is 7.80. The quantitative estimate of drug-likeness (QED) is 0.444. The van der Waals surface area contributed by atoms with Gasteiger partial charge in [0.05, 0.1) is 30.7 Å². The summed E-state index contributed by atoms with van der Waals surface area (Å²) in [6.07, 6.45) is 2.45. The lowest BCUT2D eigenvalue weighted by Gasteiger charge is -2.26. The Bertz CT molecular complexity index is 587. The van der Waals surface area contributed by atoms with E-state index in [9.17, 15) is 19.8 Å².